The second kappa shape index (κ2) is 6.98. The smallest absolute Gasteiger partial charge is 0.416 e. The Bertz CT molecular complexity index is 634. The second-order valence-electron chi connectivity index (χ2n) is 5.53. The molecule has 3 amide bonds. The van der Waals surface area contributed by atoms with Crippen LogP contribution in [0.3, 0.4) is 0 Å². The van der Waals surface area contributed by atoms with Crippen LogP contribution >= 0.6 is 0 Å². The fourth-order valence-electron chi connectivity index (χ4n) is 2.57. The Morgan fingerprint density at radius 2 is 2.08 bits per heavy atom. The van der Waals surface area contributed by atoms with Crippen molar-refractivity contribution < 1.29 is 27.5 Å². The molecule has 24 heavy (non-hydrogen) atoms. The fraction of sp³-hybridized carbons (Fsp3) is 0.467. The molecule has 132 valence electrons. The number of benzene rings is 1. The van der Waals surface area contributed by atoms with Crippen molar-refractivity contribution in [3.05, 3.63) is 23.8 Å². The summed E-state index contributed by atoms with van der Waals surface area (Å²) in [7, 11) is 1.29. The van der Waals surface area contributed by atoms with Gasteiger partial charge in [0.15, 0.2) is 0 Å². The molecule has 0 aliphatic carbocycles. The highest BCUT2D eigenvalue weighted by atomic mass is 19.4. The van der Waals surface area contributed by atoms with E-state index < -0.39 is 29.6 Å². The number of primary amides is 1. The van der Waals surface area contributed by atoms with Gasteiger partial charge in [0.1, 0.15) is 5.75 Å². The number of hydrogen-bond acceptors (Lipinski definition) is 3. The van der Waals surface area contributed by atoms with Crippen LogP contribution in [0, 0.1) is 5.92 Å². The van der Waals surface area contributed by atoms with E-state index >= 15 is 0 Å². The SMILES string of the molecule is COc1ccc(C(F)(F)F)cc1NC(=O)N1CCC[C@H](C(N)=O)C1. The van der Waals surface area contributed by atoms with Crippen LogP contribution in [-0.2, 0) is 11.0 Å². The third-order valence-electron chi connectivity index (χ3n) is 3.88. The minimum absolute atomic E-state index is 0.0847. The first-order chi connectivity index (χ1) is 11.2. The van der Waals surface area contributed by atoms with Crippen molar-refractivity contribution in [1.82, 2.24) is 4.90 Å². The van der Waals surface area contributed by atoms with Gasteiger partial charge in [-0.2, -0.15) is 13.2 Å². The molecular weight excluding hydrogens is 327 g/mol. The van der Waals surface area contributed by atoms with Crippen molar-refractivity contribution in [2.45, 2.75) is 19.0 Å². The average molecular weight is 345 g/mol. The average Bonchev–Trinajstić information content (AvgIpc) is 2.54. The van der Waals surface area contributed by atoms with Gasteiger partial charge in [0, 0.05) is 13.1 Å². The summed E-state index contributed by atoms with van der Waals surface area (Å²) in [6, 6.07) is 2.23. The van der Waals surface area contributed by atoms with E-state index in [1.165, 1.54) is 12.0 Å². The van der Waals surface area contributed by atoms with E-state index in [2.05, 4.69) is 5.32 Å². The maximum Gasteiger partial charge on any atom is 0.416 e. The van der Waals surface area contributed by atoms with Gasteiger partial charge in [-0.25, -0.2) is 4.79 Å². The zero-order valence-corrected chi connectivity index (χ0v) is 13.0. The molecule has 1 heterocycles. The number of nitrogens with zero attached hydrogens (tertiary/aromatic N) is 1. The lowest BCUT2D eigenvalue weighted by Crippen LogP contribution is -2.45. The van der Waals surface area contributed by atoms with Crippen molar-refractivity contribution in [1.29, 1.82) is 0 Å². The minimum Gasteiger partial charge on any atom is -0.495 e. The number of ether oxygens (including phenoxy) is 1. The van der Waals surface area contributed by atoms with Crippen LogP contribution in [0.1, 0.15) is 18.4 Å². The van der Waals surface area contributed by atoms with Gasteiger partial charge in [0.05, 0.1) is 24.3 Å². The lowest BCUT2D eigenvalue weighted by molar-refractivity contribution is -0.137. The van der Waals surface area contributed by atoms with E-state index in [0.29, 0.717) is 19.4 Å². The number of carbonyl (C=O) groups excluding carboxylic acids is 2. The van der Waals surface area contributed by atoms with Crippen molar-refractivity contribution >= 4 is 17.6 Å². The highest BCUT2D eigenvalue weighted by Gasteiger charge is 2.32. The summed E-state index contributed by atoms with van der Waals surface area (Å²) in [6.45, 7) is 0.541. The molecule has 1 aromatic carbocycles. The quantitative estimate of drug-likeness (QED) is 0.882. The molecule has 1 saturated heterocycles. The van der Waals surface area contributed by atoms with Gasteiger partial charge in [0.25, 0.3) is 0 Å². The van der Waals surface area contributed by atoms with Gasteiger partial charge < -0.3 is 20.7 Å². The predicted molar refractivity (Wildman–Crippen MR) is 80.5 cm³/mol. The molecule has 0 radical (unpaired) electrons. The standard InChI is InChI=1S/C15H18F3N3O3/c1-24-12-5-4-10(15(16,17)18)7-11(12)20-14(23)21-6-2-3-9(8-21)13(19)22/h4-5,7,9H,2-3,6,8H2,1H3,(H2,19,22)(H,20,23)/t9-/m0/s1. The molecule has 1 aromatic rings. The number of nitrogens with one attached hydrogen (secondary N) is 1. The normalized spacial score (nSPS) is 18.2. The number of methoxy groups -OCH3 is 1. The molecule has 0 unspecified atom stereocenters. The Morgan fingerprint density at radius 1 is 1.38 bits per heavy atom. The summed E-state index contributed by atoms with van der Waals surface area (Å²) in [6.07, 6.45) is -3.35. The number of hydrogen-bond donors (Lipinski definition) is 2. The topological polar surface area (TPSA) is 84.7 Å². The third kappa shape index (κ3) is 4.09. The first-order valence-electron chi connectivity index (χ1n) is 7.33. The van der Waals surface area contributed by atoms with E-state index in [0.717, 1.165) is 18.2 Å². The number of nitrogens with two attached hydrogens (primary N) is 1. The zero-order valence-electron chi connectivity index (χ0n) is 13.0. The Balaban J connectivity index is 2.17. The molecule has 1 aliphatic heterocycles. The number of carbonyl (C=O) groups is 2. The van der Waals surface area contributed by atoms with Gasteiger partial charge >= 0.3 is 12.2 Å². The molecular formula is C15H18F3N3O3. The molecule has 3 N–H and O–H groups in total. The maximum atomic E-state index is 12.8. The summed E-state index contributed by atoms with van der Waals surface area (Å²) in [4.78, 5) is 24.9. The summed E-state index contributed by atoms with van der Waals surface area (Å²) < 4.78 is 43.4. The zero-order chi connectivity index (χ0) is 17.9. The van der Waals surface area contributed by atoms with Crippen LogP contribution in [0.2, 0.25) is 0 Å². The fourth-order valence-corrected chi connectivity index (χ4v) is 2.57. The van der Waals surface area contributed by atoms with E-state index in [9.17, 15) is 22.8 Å². The molecule has 2 rings (SSSR count). The molecule has 9 heteroatoms. The van der Waals surface area contributed by atoms with Crippen LogP contribution in [0.15, 0.2) is 18.2 Å². The summed E-state index contributed by atoms with van der Waals surface area (Å²) >= 11 is 0. The number of piperidine rings is 1. The molecule has 1 atom stereocenters. The number of urea groups is 1. The first kappa shape index (κ1) is 17.9. The largest absolute Gasteiger partial charge is 0.495 e. The van der Waals surface area contributed by atoms with Gasteiger partial charge in [-0.15, -0.1) is 0 Å². The van der Waals surface area contributed by atoms with Gasteiger partial charge in [-0.3, -0.25) is 4.79 Å². The third-order valence-corrected chi connectivity index (χ3v) is 3.88. The molecule has 1 fully saturated rings. The molecule has 0 aromatic heterocycles. The van der Waals surface area contributed by atoms with Crippen LogP contribution in [-0.4, -0.2) is 37.0 Å². The van der Waals surface area contributed by atoms with E-state index in [1.54, 1.807) is 0 Å². The van der Waals surface area contributed by atoms with Gasteiger partial charge in [-0.05, 0) is 31.0 Å². The number of amides is 3. The minimum atomic E-state index is -4.53. The van der Waals surface area contributed by atoms with E-state index in [1.807, 2.05) is 0 Å². The van der Waals surface area contributed by atoms with Crippen LogP contribution in [0.25, 0.3) is 0 Å². The predicted octanol–water partition coefficient (Wildman–Crippen LogP) is 2.44. The molecule has 0 bridgehead atoms. The Kier molecular flexibility index (Phi) is 5.20. The van der Waals surface area contributed by atoms with Crippen LogP contribution < -0.4 is 15.8 Å². The van der Waals surface area contributed by atoms with Crippen molar-refractivity contribution in [3.63, 3.8) is 0 Å². The van der Waals surface area contributed by atoms with E-state index in [4.69, 9.17) is 10.5 Å². The second-order valence-corrected chi connectivity index (χ2v) is 5.53. The Hall–Kier alpha value is -2.45. The van der Waals surface area contributed by atoms with Crippen LogP contribution in [0.5, 0.6) is 5.75 Å². The Labute approximate surface area is 136 Å². The number of alkyl halides is 3. The Morgan fingerprint density at radius 3 is 2.67 bits per heavy atom. The molecule has 0 saturated carbocycles. The highest BCUT2D eigenvalue weighted by molar-refractivity contribution is 5.91. The van der Waals surface area contributed by atoms with Crippen molar-refractivity contribution in [3.8, 4) is 5.75 Å². The first-order valence-corrected chi connectivity index (χ1v) is 7.33. The number of anilines is 1. The van der Waals surface area contributed by atoms with Crippen molar-refractivity contribution in [2.24, 2.45) is 11.7 Å². The monoisotopic (exact) mass is 345 g/mol. The van der Waals surface area contributed by atoms with Gasteiger partial charge in [-0.1, -0.05) is 0 Å². The molecule has 1 aliphatic rings. The lowest BCUT2D eigenvalue weighted by atomic mass is 9.98. The molecule has 6 nitrogen and oxygen atoms in total. The summed E-state index contributed by atoms with van der Waals surface area (Å²) in [5, 5.41) is 2.41. The lowest BCUT2D eigenvalue weighted by Gasteiger charge is -2.31. The number of halogens is 3. The molecule has 0 spiro atoms. The number of likely N-dealkylation sites (tertiary alicyclic amines) is 1. The van der Waals surface area contributed by atoms with Crippen LogP contribution in [0.4, 0.5) is 23.7 Å². The number of rotatable bonds is 3. The van der Waals surface area contributed by atoms with E-state index in [-0.39, 0.29) is 18.0 Å². The summed E-state index contributed by atoms with van der Waals surface area (Å²) in [5.41, 5.74) is 4.27. The van der Waals surface area contributed by atoms with Gasteiger partial charge in [0.2, 0.25) is 5.91 Å². The highest BCUT2D eigenvalue weighted by Crippen LogP contribution is 2.35. The van der Waals surface area contributed by atoms with Crippen molar-refractivity contribution in [2.75, 3.05) is 25.5 Å². The summed E-state index contributed by atoms with van der Waals surface area (Å²) in [5.74, 6) is -0.836. The maximum absolute atomic E-state index is 12.8.